The van der Waals surface area contributed by atoms with Gasteiger partial charge in [0.25, 0.3) is 0 Å². The van der Waals surface area contributed by atoms with Crippen molar-refractivity contribution in [1.29, 1.82) is 0 Å². The molecule has 23 heavy (non-hydrogen) atoms. The summed E-state index contributed by atoms with van der Waals surface area (Å²) in [5, 5.41) is 17.3. The largest absolute Gasteiger partial charge is 0.389 e. The number of hydrogen-bond acceptors (Lipinski definition) is 3. The average Bonchev–Trinajstić information content (AvgIpc) is 3.20. The van der Waals surface area contributed by atoms with Crippen LogP contribution in [0.5, 0.6) is 0 Å². The van der Waals surface area contributed by atoms with E-state index in [0.29, 0.717) is 6.54 Å². The van der Waals surface area contributed by atoms with E-state index in [9.17, 15) is 9.90 Å². The van der Waals surface area contributed by atoms with Gasteiger partial charge in [0.1, 0.15) is 0 Å². The lowest BCUT2D eigenvalue weighted by Gasteiger charge is -2.21. The van der Waals surface area contributed by atoms with Crippen molar-refractivity contribution in [2.75, 3.05) is 6.54 Å². The summed E-state index contributed by atoms with van der Waals surface area (Å²) in [5.74, 6) is -0.0532. The first kappa shape index (κ1) is 15.7. The molecule has 0 spiro atoms. The first-order chi connectivity index (χ1) is 11.1. The summed E-state index contributed by atoms with van der Waals surface area (Å²) in [5.41, 5.74) is 1.42. The molecule has 2 aromatic rings. The van der Waals surface area contributed by atoms with Crippen LogP contribution in [0.4, 0.5) is 0 Å². The van der Waals surface area contributed by atoms with Gasteiger partial charge in [0.05, 0.1) is 17.7 Å². The Bertz CT molecular complexity index is 629. The van der Waals surface area contributed by atoms with E-state index in [1.807, 2.05) is 41.2 Å². The summed E-state index contributed by atoms with van der Waals surface area (Å²) >= 11 is 0. The second-order valence-corrected chi connectivity index (χ2v) is 6.33. The number of amides is 1. The van der Waals surface area contributed by atoms with Gasteiger partial charge < -0.3 is 10.4 Å². The molecule has 0 aliphatic heterocycles. The number of aromatic nitrogens is 2. The van der Waals surface area contributed by atoms with Crippen molar-refractivity contribution in [3.8, 4) is 5.69 Å². The SMILES string of the molecule is O=C(CC1(O)CCCC1)NCCc1ccc(-n2cccn2)cc1. The standard InChI is InChI=1S/C18H23N3O2/c22-17(14-18(23)9-1-2-10-18)19-12-8-15-4-6-16(7-5-15)21-13-3-11-20-21/h3-7,11,13,23H,1-2,8-10,12,14H2,(H,19,22). The molecule has 3 rings (SSSR count). The highest BCUT2D eigenvalue weighted by atomic mass is 16.3. The van der Waals surface area contributed by atoms with Crippen molar-refractivity contribution in [2.24, 2.45) is 0 Å². The molecule has 1 aliphatic rings. The Balaban J connectivity index is 1.44. The second kappa shape index (κ2) is 6.96. The second-order valence-electron chi connectivity index (χ2n) is 6.33. The van der Waals surface area contributed by atoms with Gasteiger partial charge in [-0.3, -0.25) is 4.79 Å². The molecule has 1 amide bonds. The lowest BCUT2D eigenvalue weighted by Crippen LogP contribution is -2.35. The molecular formula is C18H23N3O2. The van der Waals surface area contributed by atoms with Gasteiger partial charge in [-0.25, -0.2) is 4.68 Å². The third-order valence-corrected chi connectivity index (χ3v) is 4.47. The van der Waals surface area contributed by atoms with E-state index in [0.717, 1.165) is 37.8 Å². The van der Waals surface area contributed by atoms with Gasteiger partial charge in [-0.1, -0.05) is 25.0 Å². The van der Waals surface area contributed by atoms with Crippen LogP contribution in [-0.4, -0.2) is 32.9 Å². The van der Waals surface area contributed by atoms with E-state index in [2.05, 4.69) is 10.4 Å². The lowest BCUT2D eigenvalue weighted by atomic mass is 9.97. The predicted molar refractivity (Wildman–Crippen MR) is 88.3 cm³/mol. The van der Waals surface area contributed by atoms with E-state index < -0.39 is 5.60 Å². The van der Waals surface area contributed by atoms with Crippen LogP contribution in [0, 0.1) is 0 Å². The van der Waals surface area contributed by atoms with Gasteiger partial charge in [-0.05, 0) is 43.0 Å². The number of aliphatic hydroxyl groups is 1. The van der Waals surface area contributed by atoms with Crippen molar-refractivity contribution in [3.63, 3.8) is 0 Å². The Hall–Kier alpha value is -2.14. The van der Waals surface area contributed by atoms with Gasteiger partial charge in [0.2, 0.25) is 5.91 Å². The van der Waals surface area contributed by atoms with Crippen LogP contribution >= 0.6 is 0 Å². The van der Waals surface area contributed by atoms with Gasteiger partial charge in [-0.15, -0.1) is 0 Å². The number of carbonyl (C=O) groups excluding carboxylic acids is 1. The Morgan fingerprint density at radius 1 is 1.26 bits per heavy atom. The molecule has 5 nitrogen and oxygen atoms in total. The fraction of sp³-hybridized carbons (Fsp3) is 0.444. The maximum absolute atomic E-state index is 11.9. The summed E-state index contributed by atoms with van der Waals surface area (Å²) in [6.45, 7) is 0.593. The molecule has 1 heterocycles. The topological polar surface area (TPSA) is 67.2 Å². The molecule has 0 radical (unpaired) electrons. The summed E-state index contributed by atoms with van der Waals surface area (Å²) in [6, 6.07) is 10.0. The van der Waals surface area contributed by atoms with Crippen molar-refractivity contribution in [2.45, 2.75) is 44.1 Å². The first-order valence-electron chi connectivity index (χ1n) is 8.23. The highest BCUT2D eigenvalue weighted by Gasteiger charge is 2.33. The minimum Gasteiger partial charge on any atom is -0.389 e. The summed E-state index contributed by atoms with van der Waals surface area (Å²) in [4.78, 5) is 11.9. The minimum absolute atomic E-state index is 0.0532. The van der Waals surface area contributed by atoms with Gasteiger partial charge in [0.15, 0.2) is 0 Å². The molecule has 1 aliphatic carbocycles. The monoisotopic (exact) mass is 313 g/mol. The average molecular weight is 313 g/mol. The molecule has 0 saturated heterocycles. The van der Waals surface area contributed by atoms with Crippen molar-refractivity contribution in [3.05, 3.63) is 48.3 Å². The maximum atomic E-state index is 11.9. The van der Waals surface area contributed by atoms with Crippen molar-refractivity contribution >= 4 is 5.91 Å². The van der Waals surface area contributed by atoms with Crippen LogP contribution in [0.15, 0.2) is 42.7 Å². The molecule has 2 N–H and O–H groups in total. The molecule has 0 unspecified atom stereocenters. The molecule has 1 fully saturated rings. The Morgan fingerprint density at radius 2 is 2.00 bits per heavy atom. The number of carbonyl (C=O) groups is 1. The van der Waals surface area contributed by atoms with E-state index >= 15 is 0 Å². The van der Waals surface area contributed by atoms with E-state index in [1.165, 1.54) is 5.56 Å². The fourth-order valence-corrected chi connectivity index (χ4v) is 3.15. The van der Waals surface area contributed by atoms with Crippen LogP contribution < -0.4 is 5.32 Å². The van der Waals surface area contributed by atoms with Crippen LogP contribution in [0.3, 0.4) is 0 Å². The van der Waals surface area contributed by atoms with E-state index in [1.54, 1.807) is 6.20 Å². The minimum atomic E-state index is -0.768. The molecule has 1 aromatic heterocycles. The van der Waals surface area contributed by atoms with Crippen LogP contribution in [-0.2, 0) is 11.2 Å². The zero-order chi connectivity index (χ0) is 16.1. The quantitative estimate of drug-likeness (QED) is 0.859. The Labute approximate surface area is 136 Å². The third-order valence-electron chi connectivity index (χ3n) is 4.47. The number of nitrogens with one attached hydrogen (secondary N) is 1. The van der Waals surface area contributed by atoms with E-state index in [4.69, 9.17) is 0 Å². The zero-order valence-corrected chi connectivity index (χ0v) is 13.2. The zero-order valence-electron chi connectivity index (χ0n) is 13.2. The number of nitrogens with zero attached hydrogens (tertiary/aromatic N) is 2. The van der Waals surface area contributed by atoms with Crippen LogP contribution in [0.2, 0.25) is 0 Å². The molecule has 0 bridgehead atoms. The Morgan fingerprint density at radius 3 is 2.65 bits per heavy atom. The molecule has 122 valence electrons. The van der Waals surface area contributed by atoms with Gasteiger partial charge >= 0.3 is 0 Å². The maximum Gasteiger partial charge on any atom is 0.222 e. The van der Waals surface area contributed by atoms with Crippen molar-refractivity contribution < 1.29 is 9.90 Å². The fourth-order valence-electron chi connectivity index (χ4n) is 3.15. The summed E-state index contributed by atoms with van der Waals surface area (Å²) in [7, 11) is 0. The Kier molecular flexibility index (Phi) is 4.76. The molecule has 0 atom stereocenters. The number of rotatable bonds is 6. The van der Waals surface area contributed by atoms with Gasteiger partial charge in [0, 0.05) is 18.9 Å². The normalized spacial score (nSPS) is 16.4. The smallest absolute Gasteiger partial charge is 0.222 e. The van der Waals surface area contributed by atoms with Crippen LogP contribution in [0.25, 0.3) is 5.69 Å². The number of benzene rings is 1. The number of hydrogen-bond donors (Lipinski definition) is 2. The van der Waals surface area contributed by atoms with Gasteiger partial charge in [-0.2, -0.15) is 5.10 Å². The highest BCUT2D eigenvalue weighted by Crippen LogP contribution is 2.32. The van der Waals surface area contributed by atoms with E-state index in [-0.39, 0.29) is 12.3 Å². The third kappa shape index (κ3) is 4.20. The predicted octanol–water partition coefficient (Wildman–Crippen LogP) is 2.23. The molecule has 5 heteroatoms. The molecular weight excluding hydrogens is 290 g/mol. The summed E-state index contributed by atoms with van der Waals surface area (Å²) < 4.78 is 1.81. The molecule has 1 saturated carbocycles. The molecule has 1 aromatic carbocycles. The van der Waals surface area contributed by atoms with Crippen LogP contribution in [0.1, 0.15) is 37.7 Å². The lowest BCUT2D eigenvalue weighted by molar-refractivity contribution is -0.125. The highest BCUT2D eigenvalue weighted by molar-refractivity contribution is 5.77. The first-order valence-corrected chi connectivity index (χ1v) is 8.23. The van der Waals surface area contributed by atoms with Crippen molar-refractivity contribution in [1.82, 2.24) is 15.1 Å². The summed E-state index contributed by atoms with van der Waals surface area (Å²) in [6.07, 6.45) is 8.20.